The number of aliphatic hydroxyl groups is 12. The van der Waals surface area contributed by atoms with E-state index in [1.807, 2.05) is 0 Å². The first-order valence-corrected chi connectivity index (χ1v) is 20.6. The first-order chi connectivity index (χ1) is 31.4. The number of aliphatic carboxylic acids is 2. The third-order valence-electron chi connectivity index (χ3n) is 11.5. The van der Waals surface area contributed by atoms with Crippen LogP contribution in [0.2, 0.25) is 0 Å². The molecule has 5 aliphatic heterocycles. The monoisotopic (exact) mass is 979 g/mol. The van der Waals surface area contributed by atoms with E-state index in [1.165, 1.54) is 0 Å². The third-order valence-corrected chi connectivity index (χ3v) is 11.5. The Bertz CT molecular complexity index is 1720. The molecule has 0 bridgehead atoms. The smallest absolute Gasteiger partial charge is 0.335 e. The second-order valence-corrected chi connectivity index (χ2v) is 16.2. The molecule has 67 heavy (non-hydrogen) atoms. The van der Waals surface area contributed by atoms with Crippen molar-refractivity contribution in [2.75, 3.05) is 19.8 Å². The lowest BCUT2D eigenvalue weighted by molar-refractivity contribution is -0.376. The Morgan fingerprint density at radius 1 is 0.403 bits per heavy atom. The molecule has 384 valence electrons. The second-order valence-electron chi connectivity index (χ2n) is 16.2. The molecular formula is C36H57N3O28. The molecule has 1 unspecified atom stereocenters. The Hall–Kier alpha value is -3.49. The summed E-state index contributed by atoms with van der Waals surface area (Å²) in [7, 11) is 0. The SMILES string of the molecule is CC(=O)N[C@H]1[C@@H](O[C@H]2[C@H](O)[C@@H](O)[C@H](O[C@H]3[C@H](O)[C@@H](NC(C)=O)C(O)O[C@@H]3CO)O[C@@H]2C(=O)O)O[C@H](CO)[C@@H](O[C@@H]2O[C@H](C(=O)O)[C@@H](O[C@H]3O[C@H](CO)[C@@H](O)[C@H](O)[C@H]3NC(C)=O)[C@H](O)[C@H]2O)[C@@H]1O. The fourth-order valence-corrected chi connectivity index (χ4v) is 8.19. The highest BCUT2D eigenvalue weighted by Gasteiger charge is 2.58. The number of hydrogen-bond acceptors (Lipinski definition) is 26. The van der Waals surface area contributed by atoms with Crippen LogP contribution < -0.4 is 16.0 Å². The first kappa shape index (κ1) is 54.5. The Labute approximate surface area is 377 Å². The Balaban J connectivity index is 1.34. The van der Waals surface area contributed by atoms with Crippen LogP contribution in [-0.2, 0) is 66.6 Å². The van der Waals surface area contributed by atoms with Gasteiger partial charge in [0.15, 0.2) is 43.7 Å². The molecule has 17 N–H and O–H groups in total. The quantitative estimate of drug-likeness (QED) is 0.0683. The van der Waals surface area contributed by atoms with Gasteiger partial charge in [0, 0.05) is 20.8 Å². The molecule has 0 saturated carbocycles. The lowest BCUT2D eigenvalue weighted by atomic mass is 9.94. The van der Waals surface area contributed by atoms with Crippen molar-refractivity contribution < 1.29 is 138 Å². The molecule has 0 spiro atoms. The van der Waals surface area contributed by atoms with Crippen molar-refractivity contribution in [3.05, 3.63) is 0 Å². The molecule has 0 aromatic carbocycles. The van der Waals surface area contributed by atoms with E-state index in [0.717, 1.165) is 20.8 Å². The summed E-state index contributed by atoms with van der Waals surface area (Å²) in [6.45, 7) is 0.0261. The minimum Gasteiger partial charge on any atom is -0.479 e. The molecule has 5 fully saturated rings. The Morgan fingerprint density at radius 3 is 1.13 bits per heavy atom. The molecule has 25 atom stereocenters. The zero-order chi connectivity index (χ0) is 49.9. The largest absolute Gasteiger partial charge is 0.479 e. The van der Waals surface area contributed by atoms with E-state index in [9.17, 15) is 95.5 Å². The number of hydrogen-bond donors (Lipinski definition) is 17. The van der Waals surface area contributed by atoms with Crippen molar-refractivity contribution in [1.82, 2.24) is 16.0 Å². The molecule has 0 aromatic heterocycles. The van der Waals surface area contributed by atoms with Crippen molar-refractivity contribution >= 4 is 29.7 Å². The van der Waals surface area contributed by atoms with Gasteiger partial charge in [0.25, 0.3) is 0 Å². The number of rotatable bonds is 16. The van der Waals surface area contributed by atoms with Gasteiger partial charge in [-0.1, -0.05) is 0 Å². The van der Waals surface area contributed by atoms with Crippen molar-refractivity contribution in [3.63, 3.8) is 0 Å². The molecule has 5 rings (SSSR count). The summed E-state index contributed by atoms with van der Waals surface area (Å²) >= 11 is 0. The molecule has 5 heterocycles. The third kappa shape index (κ3) is 11.9. The summed E-state index contributed by atoms with van der Waals surface area (Å²) < 4.78 is 49.8. The van der Waals surface area contributed by atoms with E-state index >= 15 is 0 Å². The average molecular weight is 980 g/mol. The fraction of sp³-hybridized carbons (Fsp3) is 0.861. The molecule has 5 aliphatic rings. The van der Waals surface area contributed by atoms with Crippen LogP contribution in [0.5, 0.6) is 0 Å². The van der Waals surface area contributed by atoms with Crippen LogP contribution >= 0.6 is 0 Å². The molecule has 0 aromatic rings. The number of carbonyl (C=O) groups is 5. The van der Waals surface area contributed by atoms with E-state index in [0.29, 0.717) is 0 Å². The van der Waals surface area contributed by atoms with Crippen LogP contribution in [0.15, 0.2) is 0 Å². The minimum absolute atomic E-state index is 0.739. The maximum absolute atomic E-state index is 12.6. The highest BCUT2D eigenvalue weighted by Crippen LogP contribution is 2.36. The van der Waals surface area contributed by atoms with Crippen LogP contribution in [0, 0.1) is 0 Å². The summed E-state index contributed by atoms with van der Waals surface area (Å²) in [5, 5.41) is 155. The van der Waals surface area contributed by atoms with Gasteiger partial charge in [0.05, 0.1) is 19.8 Å². The molecule has 0 aliphatic carbocycles. The van der Waals surface area contributed by atoms with Crippen LogP contribution in [-0.4, -0.2) is 274 Å². The maximum Gasteiger partial charge on any atom is 0.335 e. The number of ether oxygens (including phenoxy) is 9. The van der Waals surface area contributed by atoms with Gasteiger partial charge in [-0.05, 0) is 0 Å². The number of aliphatic hydroxyl groups excluding tert-OH is 12. The van der Waals surface area contributed by atoms with Gasteiger partial charge in [0.2, 0.25) is 17.7 Å². The normalized spacial score (nSPS) is 45.9. The average Bonchev–Trinajstić information content (AvgIpc) is 3.26. The van der Waals surface area contributed by atoms with Crippen molar-refractivity contribution in [1.29, 1.82) is 0 Å². The van der Waals surface area contributed by atoms with Gasteiger partial charge in [-0.3, -0.25) is 14.4 Å². The van der Waals surface area contributed by atoms with Crippen molar-refractivity contribution in [2.45, 2.75) is 174 Å². The molecule has 3 amide bonds. The molecular weight excluding hydrogens is 922 g/mol. The highest BCUT2D eigenvalue weighted by molar-refractivity contribution is 5.75. The molecule has 31 nitrogen and oxygen atoms in total. The molecule has 5 saturated heterocycles. The summed E-state index contributed by atoms with van der Waals surface area (Å²) in [6, 6.07) is -5.10. The fourth-order valence-electron chi connectivity index (χ4n) is 8.19. The maximum atomic E-state index is 12.6. The molecule has 31 heteroatoms. The minimum atomic E-state index is -2.34. The van der Waals surface area contributed by atoms with Crippen molar-refractivity contribution in [3.8, 4) is 0 Å². The van der Waals surface area contributed by atoms with Gasteiger partial charge in [-0.15, -0.1) is 0 Å². The van der Waals surface area contributed by atoms with E-state index in [2.05, 4.69) is 16.0 Å². The van der Waals surface area contributed by atoms with Crippen LogP contribution in [0.25, 0.3) is 0 Å². The number of nitrogens with one attached hydrogen (secondary N) is 3. The Kier molecular flexibility index (Phi) is 18.7. The van der Waals surface area contributed by atoms with Gasteiger partial charge < -0.3 is 130 Å². The number of carboxylic acid groups (broad SMARTS) is 2. The van der Waals surface area contributed by atoms with E-state index in [4.69, 9.17) is 42.6 Å². The number of carbonyl (C=O) groups excluding carboxylic acids is 3. The second kappa shape index (κ2) is 23.0. The summed E-state index contributed by atoms with van der Waals surface area (Å²) in [4.78, 5) is 61.1. The standard InChI is InChI=1S/C36H57N3O28/c1-7(43)37-13-18(48)24(11(5-41)59-32(13)58)62-35-22(52)21(51)27(29(66-35)31(56)57)65-34-15(39-9(3)45)19(49)25(12(6-42)61-34)63-36-23(53)20(50)26(28(67-36)30(54)55)64-33-14(38-8(2)44)17(47)16(46)10(4-40)60-33/h10-29,32-36,40-42,46-53,58H,4-6H2,1-3H3,(H,37,43)(H,38,44)(H,39,45)(H,54,55)(H,56,57)/t10-,11-,12-,13-,14-,15-,16-,17-,18-,19-,20-,21-,22-,23-,24-,25-,26+,27+,28+,29+,32?,33-,34-,35-,36-/m1/s1. The summed E-state index contributed by atoms with van der Waals surface area (Å²) in [5.74, 6) is -6.21. The zero-order valence-electron chi connectivity index (χ0n) is 35.5. The van der Waals surface area contributed by atoms with Crippen LogP contribution in [0.4, 0.5) is 0 Å². The van der Waals surface area contributed by atoms with Crippen LogP contribution in [0.1, 0.15) is 20.8 Å². The zero-order valence-corrected chi connectivity index (χ0v) is 35.5. The van der Waals surface area contributed by atoms with E-state index in [1.54, 1.807) is 0 Å². The van der Waals surface area contributed by atoms with E-state index in [-0.39, 0.29) is 0 Å². The topological polar surface area (TPSA) is 488 Å². The van der Waals surface area contributed by atoms with Crippen LogP contribution in [0.3, 0.4) is 0 Å². The van der Waals surface area contributed by atoms with Crippen molar-refractivity contribution in [2.24, 2.45) is 0 Å². The van der Waals surface area contributed by atoms with E-state index < -0.39 is 203 Å². The predicted octanol–water partition coefficient (Wildman–Crippen LogP) is -11.3. The first-order valence-electron chi connectivity index (χ1n) is 20.6. The van der Waals surface area contributed by atoms with Gasteiger partial charge >= 0.3 is 11.9 Å². The van der Waals surface area contributed by atoms with Gasteiger partial charge in [-0.2, -0.15) is 0 Å². The number of amides is 3. The summed E-state index contributed by atoms with van der Waals surface area (Å²) in [5.41, 5.74) is 0. The van der Waals surface area contributed by atoms with Gasteiger partial charge in [0.1, 0.15) is 110 Å². The van der Waals surface area contributed by atoms with Gasteiger partial charge in [-0.25, -0.2) is 9.59 Å². The summed E-state index contributed by atoms with van der Waals surface area (Å²) in [6.07, 6.45) is -44.9. The lowest BCUT2D eigenvalue weighted by Crippen LogP contribution is -2.70. The lowest BCUT2D eigenvalue weighted by Gasteiger charge is -2.50. The highest BCUT2D eigenvalue weighted by atomic mass is 16.8. The number of carboxylic acids is 2. The molecule has 0 radical (unpaired) electrons. The predicted molar refractivity (Wildman–Crippen MR) is 202 cm³/mol. The Morgan fingerprint density at radius 2 is 0.746 bits per heavy atom.